The topological polar surface area (TPSA) is 103 Å². The highest BCUT2D eigenvalue weighted by Crippen LogP contribution is 2.25. The Bertz CT molecular complexity index is 990. The van der Waals surface area contributed by atoms with Gasteiger partial charge in [-0.2, -0.15) is 13.2 Å². The molecule has 3 rings (SSSR count). The van der Waals surface area contributed by atoms with Crippen molar-refractivity contribution in [3.8, 4) is 0 Å². The van der Waals surface area contributed by atoms with Crippen molar-refractivity contribution in [1.82, 2.24) is 25.2 Å². The number of alkyl halides is 3. The number of fused-ring (bicyclic) bond motifs is 1. The number of amides is 2. The molecule has 32 heavy (non-hydrogen) atoms. The minimum absolute atomic E-state index is 0.0377. The number of H-pyrrole nitrogens is 1. The largest absolute Gasteiger partial charge is 0.389 e. The van der Waals surface area contributed by atoms with Gasteiger partial charge in [0.2, 0.25) is 5.91 Å². The number of hydrogen-bond donors (Lipinski definition) is 3. The third kappa shape index (κ3) is 5.77. The standard InChI is InChI=1S/C21H27F3N6O2/c1-4-17(31)30-6-5-14(7-13(30)3)28-16-11-26-19-18(29-16)15(10-25-19)20(32)27-9-12(2)8-21(22,23)24/h4,10-14H,1,5-9H2,2-3H3,(H,25,26)(H,27,32)(H,28,29). The third-order valence-corrected chi connectivity index (χ3v) is 5.50. The fraction of sp³-hybridized carbons (Fsp3) is 0.524. The molecule has 1 aliphatic heterocycles. The van der Waals surface area contributed by atoms with Crippen molar-refractivity contribution in [3.05, 3.63) is 30.6 Å². The summed E-state index contributed by atoms with van der Waals surface area (Å²) < 4.78 is 37.5. The van der Waals surface area contributed by atoms with E-state index in [1.165, 1.54) is 19.2 Å². The number of nitrogens with one attached hydrogen (secondary N) is 3. The van der Waals surface area contributed by atoms with Crippen LogP contribution in [0.4, 0.5) is 19.0 Å². The molecule has 2 aromatic rings. The second-order valence-electron chi connectivity index (χ2n) is 8.24. The predicted molar refractivity (Wildman–Crippen MR) is 114 cm³/mol. The molecule has 1 aliphatic rings. The van der Waals surface area contributed by atoms with Crippen LogP contribution in [-0.2, 0) is 4.79 Å². The highest BCUT2D eigenvalue weighted by atomic mass is 19.4. The van der Waals surface area contributed by atoms with E-state index < -0.39 is 24.4 Å². The van der Waals surface area contributed by atoms with Crippen LogP contribution in [0.15, 0.2) is 25.0 Å². The van der Waals surface area contributed by atoms with E-state index >= 15 is 0 Å². The number of aromatic nitrogens is 3. The number of piperidine rings is 1. The zero-order valence-electron chi connectivity index (χ0n) is 18.0. The fourth-order valence-electron chi connectivity index (χ4n) is 3.92. The van der Waals surface area contributed by atoms with E-state index in [-0.39, 0.29) is 30.1 Å². The molecule has 11 heteroatoms. The number of carbonyl (C=O) groups excluding carboxylic acids is 2. The first-order valence-corrected chi connectivity index (χ1v) is 10.5. The molecule has 0 aromatic carbocycles. The lowest BCUT2D eigenvalue weighted by Gasteiger charge is -2.37. The van der Waals surface area contributed by atoms with Crippen LogP contribution >= 0.6 is 0 Å². The number of aromatic amines is 1. The fourth-order valence-corrected chi connectivity index (χ4v) is 3.92. The first kappa shape index (κ1) is 23.6. The smallest absolute Gasteiger partial charge is 0.366 e. The average Bonchev–Trinajstić information content (AvgIpc) is 3.13. The summed E-state index contributed by atoms with van der Waals surface area (Å²) in [6, 6.07) is 0.112. The molecule has 3 N–H and O–H groups in total. The molecule has 174 valence electrons. The van der Waals surface area contributed by atoms with Crippen LogP contribution in [0.3, 0.4) is 0 Å². The molecule has 1 saturated heterocycles. The van der Waals surface area contributed by atoms with Crippen molar-refractivity contribution in [2.45, 2.75) is 51.4 Å². The van der Waals surface area contributed by atoms with E-state index in [0.717, 1.165) is 12.8 Å². The van der Waals surface area contributed by atoms with Crippen molar-refractivity contribution in [2.24, 2.45) is 5.92 Å². The van der Waals surface area contributed by atoms with Gasteiger partial charge in [0.1, 0.15) is 11.3 Å². The van der Waals surface area contributed by atoms with Crippen molar-refractivity contribution in [2.75, 3.05) is 18.4 Å². The van der Waals surface area contributed by atoms with Gasteiger partial charge in [-0.05, 0) is 31.8 Å². The number of carbonyl (C=O) groups is 2. The van der Waals surface area contributed by atoms with Gasteiger partial charge in [0.05, 0.1) is 11.8 Å². The maximum Gasteiger partial charge on any atom is 0.389 e. The lowest BCUT2D eigenvalue weighted by atomic mass is 9.98. The van der Waals surface area contributed by atoms with E-state index in [4.69, 9.17) is 0 Å². The number of likely N-dealkylation sites (tertiary alicyclic amines) is 1. The summed E-state index contributed by atoms with van der Waals surface area (Å²) in [4.78, 5) is 37.8. The predicted octanol–water partition coefficient (Wildman–Crippen LogP) is 3.25. The molecule has 2 amide bonds. The summed E-state index contributed by atoms with van der Waals surface area (Å²) in [5, 5.41) is 5.84. The Kier molecular flexibility index (Phi) is 7.05. The number of rotatable bonds is 7. The zero-order valence-corrected chi connectivity index (χ0v) is 18.0. The average molecular weight is 452 g/mol. The van der Waals surface area contributed by atoms with Crippen LogP contribution < -0.4 is 10.6 Å². The number of halogens is 3. The van der Waals surface area contributed by atoms with Crippen LogP contribution in [0.25, 0.3) is 11.2 Å². The minimum Gasteiger partial charge on any atom is -0.366 e. The molecular weight excluding hydrogens is 425 g/mol. The highest BCUT2D eigenvalue weighted by Gasteiger charge is 2.30. The monoisotopic (exact) mass is 452 g/mol. The van der Waals surface area contributed by atoms with Crippen LogP contribution in [-0.4, -0.2) is 63.0 Å². The van der Waals surface area contributed by atoms with Crippen molar-refractivity contribution < 1.29 is 22.8 Å². The molecular formula is C21H27F3N6O2. The first-order chi connectivity index (χ1) is 15.1. The molecule has 0 aliphatic carbocycles. The van der Waals surface area contributed by atoms with Gasteiger partial charge in [0.25, 0.3) is 5.91 Å². The van der Waals surface area contributed by atoms with E-state index in [1.54, 1.807) is 11.1 Å². The molecule has 0 spiro atoms. The van der Waals surface area contributed by atoms with Crippen LogP contribution in [0, 0.1) is 5.92 Å². The Balaban J connectivity index is 1.65. The Morgan fingerprint density at radius 1 is 1.44 bits per heavy atom. The SMILES string of the molecule is C=CC(=O)N1CCC(Nc2cnc3[nH]cc(C(=O)NCC(C)CC(F)(F)F)c3n2)CC1C. The maximum absolute atomic E-state index is 12.5. The van der Waals surface area contributed by atoms with Gasteiger partial charge in [-0.25, -0.2) is 9.97 Å². The molecule has 3 atom stereocenters. The van der Waals surface area contributed by atoms with Gasteiger partial charge >= 0.3 is 6.18 Å². The van der Waals surface area contributed by atoms with Gasteiger partial charge in [-0.1, -0.05) is 13.5 Å². The number of nitrogens with zero attached hydrogens (tertiary/aromatic N) is 3. The van der Waals surface area contributed by atoms with Gasteiger partial charge in [0.15, 0.2) is 5.65 Å². The molecule has 0 radical (unpaired) electrons. The Morgan fingerprint density at radius 2 is 2.19 bits per heavy atom. The van der Waals surface area contributed by atoms with Crippen molar-refractivity contribution in [3.63, 3.8) is 0 Å². The molecule has 0 bridgehead atoms. The quantitative estimate of drug-likeness (QED) is 0.560. The Labute approximate surface area is 183 Å². The Hall–Kier alpha value is -3.11. The maximum atomic E-state index is 12.5. The third-order valence-electron chi connectivity index (χ3n) is 5.50. The normalized spacial score (nSPS) is 20.1. The first-order valence-electron chi connectivity index (χ1n) is 10.5. The summed E-state index contributed by atoms with van der Waals surface area (Å²) in [6.07, 6.45) is 0.510. The number of anilines is 1. The highest BCUT2D eigenvalue weighted by molar-refractivity contribution is 6.04. The molecule has 2 aromatic heterocycles. The summed E-state index contributed by atoms with van der Waals surface area (Å²) in [5.74, 6) is -0.864. The van der Waals surface area contributed by atoms with E-state index in [9.17, 15) is 22.8 Å². The molecule has 3 heterocycles. The minimum atomic E-state index is -4.27. The van der Waals surface area contributed by atoms with E-state index in [2.05, 4.69) is 32.2 Å². The summed E-state index contributed by atoms with van der Waals surface area (Å²) in [6.45, 7) is 7.42. The van der Waals surface area contributed by atoms with Crippen molar-refractivity contribution >= 4 is 28.8 Å². The van der Waals surface area contributed by atoms with Gasteiger partial charge < -0.3 is 20.5 Å². The van der Waals surface area contributed by atoms with Crippen molar-refractivity contribution in [1.29, 1.82) is 0 Å². The van der Waals surface area contributed by atoms with E-state index in [0.29, 0.717) is 23.5 Å². The van der Waals surface area contributed by atoms with Gasteiger partial charge in [-0.15, -0.1) is 0 Å². The second kappa shape index (κ2) is 9.58. The summed E-state index contributed by atoms with van der Waals surface area (Å²) in [7, 11) is 0. The van der Waals surface area contributed by atoms with E-state index in [1.807, 2.05) is 6.92 Å². The summed E-state index contributed by atoms with van der Waals surface area (Å²) >= 11 is 0. The molecule has 3 unspecified atom stereocenters. The lowest BCUT2D eigenvalue weighted by molar-refractivity contribution is -0.142. The van der Waals surface area contributed by atoms with Gasteiger partial charge in [-0.3, -0.25) is 9.59 Å². The van der Waals surface area contributed by atoms with Crippen LogP contribution in [0.5, 0.6) is 0 Å². The Morgan fingerprint density at radius 3 is 2.84 bits per heavy atom. The van der Waals surface area contributed by atoms with Crippen LogP contribution in [0.2, 0.25) is 0 Å². The zero-order chi connectivity index (χ0) is 23.5. The second-order valence-corrected chi connectivity index (χ2v) is 8.24. The number of hydrogen-bond acceptors (Lipinski definition) is 5. The lowest BCUT2D eigenvalue weighted by Crippen LogP contribution is -2.47. The molecule has 1 fully saturated rings. The van der Waals surface area contributed by atoms with Crippen LogP contribution in [0.1, 0.15) is 43.5 Å². The molecule has 0 saturated carbocycles. The molecule has 8 nitrogen and oxygen atoms in total. The van der Waals surface area contributed by atoms with Gasteiger partial charge in [0, 0.05) is 37.8 Å². The summed E-state index contributed by atoms with van der Waals surface area (Å²) in [5.41, 5.74) is 0.960.